The Morgan fingerprint density at radius 1 is 0.732 bits per heavy atom. The van der Waals surface area contributed by atoms with E-state index in [1.807, 2.05) is 42.7 Å². The Labute approximate surface area is 260 Å². The van der Waals surface area contributed by atoms with E-state index in [-0.39, 0.29) is 35.3 Å². The Bertz CT molecular complexity index is 1370. The Balaban J connectivity index is 0.000000696. The third-order valence-corrected chi connectivity index (χ3v) is 11.7. The molecule has 4 nitrogen and oxygen atoms in total. The van der Waals surface area contributed by atoms with Crippen LogP contribution in [0.25, 0.3) is 11.1 Å². The number of nitrogens with zero attached hydrogens (tertiary/aromatic N) is 4. The molecule has 0 aliphatic heterocycles. The Morgan fingerprint density at radius 2 is 1.22 bits per heavy atom. The molecule has 41 heavy (non-hydrogen) atoms. The van der Waals surface area contributed by atoms with Crippen molar-refractivity contribution in [2.45, 2.75) is 63.2 Å². The molecule has 1 unspecified atom stereocenters. The maximum absolute atomic E-state index is 4.76. The predicted molar refractivity (Wildman–Crippen MR) is 173 cm³/mol. The molecule has 0 N–H and O–H groups in total. The first-order valence-electron chi connectivity index (χ1n) is 13.6. The van der Waals surface area contributed by atoms with Crippen LogP contribution in [0.3, 0.4) is 0 Å². The van der Waals surface area contributed by atoms with Gasteiger partial charge in [-0.3, -0.25) is 19.9 Å². The maximum Gasteiger partial charge on any atom is 0.0769 e. The van der Waals surface area contributed by atoms with E-state index in [1.54, 1.807) is 24.8 Å². The molecule has 0 amide bonds. The number of hydrogen-bond donors (Lipinski definition) is 0. The van der Waals surface area contributed by atoms with Crippen molar-refractivity contribution in [1.29, 1.82) is 0 Å². The molecule has 0 radical (unpaired) electrons. The Kier molecular flexibility index (Phi) is 11.3. The van der Waals surface area contributed by atoms with Crippen LogP contribution in [0.15, 0.2) is 110 Å². The number of benzene rings is 1. The summed E-state index contributed by atoms with van der Waals surface area (Å²) < 4.78 is 0. The van der Waals surface area contributed by atoms with Crippen LogP contribution in [0.2, 0.25) is 0 Å². The zero-order valence-corrected chi connectivity index (χ0v) is 27.9. The van der Waals surface area contributed by atoms with Crippen molar-refractivity contribution in [3.8, 4) is 11.1 Å². The molecular formula is C34H40FeN4P2-6. The molecule has 5 aromatic rings. The summed E-state index contributed by atoms with van der Waals surface area (Å²) in [5, 5.41) is -0.253. The maximum atomic E-state index is 4.76. The first-order valence-corrected chi connectivity index (χ1v) is 15.7. The molecule has 0 saturated heterocycles. The number of rotatable bonds is 6. The molecule has 2 aromatic heterocycles. The van der Waals surface area contributed by atoms with Gasteiger partial charge in [-0.1, -0.05) is 83.6 Å². The quantitative estimate of drug-likeness (QED) is 0.108. The molecule has 0 spiro atoms. The largest absolute Gasteiger partial charge is 0.748 e. The molecule has 2 heterocycles. The van der Waals surface area contributed by atoms with Crippen LogP contribution in [0.5, 0.6) is 0 Å². The summed E-state index contributed by atoms with van der Waals surface area (Å²) in [6.45, 7) is 14.3. The van der Waals surface area contributed by atoms with Crippen molar-refractivity contribution in [1.82, 2.24) is 19.9 Å². The first-order chi connectivity index (χ1) is 19.0. The van der Waals surface area contributed by atoms with Gasteiger partial charge in [-0.2, -0.15) is 11.6 Å². The van der Waals surface area contributed by atoms with E-state index in [9.17, 15) is 0 Å². The molecule has 0 bridgehead atoms. The standard InChI is InChI=1S/C29H35N4P2.C5H5.Fe/c1-27(2,3)35(28(4,5)6)20-23-16-22(21-10-8-7-9-11-21)17-24(23)29(34,25-18-30-12-14-32-25)26-19-31-13-15-33-26;1-2-4-5-3-1;/h7-19H,20,34H2,1-6H3;1-5H;/q-1;-5;. The first kappa shape index (κ1) is 33.0. The summed E-state index contributed by atoms with van der Waals surface area (Å²) in [5.74, 6) is 0. The van der Waals surface area contributed by atoms with Crippen LogP contribution in [-0.4, -0.2) is 30.2 Å². The van der Waals surface area contributed by atoms with Crippen molar-refractivity contribution in [2.75, 3.05) is 0 Å². The zero-order chi connectivity index (χ0) is 28.8. The Hall–Kier alpha value is -2.54. The fourth-order valence-electron chi connectivity index (χ4n) is 5.23. The summed E-state index contributed by atoms with van der Waals surface area (Å²) in [6, 6.07) is 25.3. The van der Waals surface area contributed by atoms with Gasteiger partial charge in [-0.05, 0) is 10.3 Å². The van der Waals surface area contributed by atoms with E-state index in [0.29, 0.717) is 0 Å². The van der Waals surface area contributed by atoms with E-state index in [2.05, 4.69) is 103 Å². The van der Waals surface area contributed by atoms with Crippen LogP contribution in [0, 0.1) is 0 Å². The number of hydrogen-bond acceptors (Lipinski definition) is 4. The minimum absolute atomic E-state index is 0. The molecular weight excluding hydrogens is 582 g/mol. The van der Waals surface area contributed by atoms with Crippen LogP contribution >= 0.6 is 17.2 Å². The van der Waals surface area contributed by atoms with Gasteiger partial charge in [-0.15, -0.1) is 28.3 Å². The monoisotopic (exact) mass is 622 g/mol. The van der Waals surface area contributed by atoms with Gasteiger partial charge < -0.3 is 30.3 Å². The fourth-order valence-corrected chi connectivity index (χ4v) is 9.37. The molecule has 0 saturated carbocycles. The predicted octanol–water partition coefficient (Wildman–Crippen LogP) is 8.80. The zero-order valence-electron chi connectivity index (χ0n) is 24.8. The average Bonchev–Trinajstić information content (AvgIpc) is 3.66. The fraction of sp³-hybridized carbons (Fsp3) is 0.294. The van der Waals surface area contributed by atoms with Crippen LogP contribution < -0.4 is 0 Å². The smallest absolute Gasteiger partial charge is 0.0769 e. The molecule has 0 fully saturated rings. The summed E-state index contributed by atoms with van der Waals surface area (Å²) >= 11 is 0. The molecule has 5 rings (SSSR count). The summed E-state index contributed by atoms with van der Waals surface area (Å²) in [4.78, 5) is 18.3. The van der Waals surface area contributed by atoms with E-state index in [1.165, 1.54) is 22.3 Å². The van der Waals surface area contributed by atoms with Crippen LogP contribution in [0.1, 0.15) is 64.1 Å². The Morgan fingerprint density at radius 3 is 1.63 bits per heavy atom. The third kappa shape index (κ3) is 8.06. The van der Waals surface area contributed by atoms with Crippen LogP contribution in [-0.2, 0) is 28.4 Å². The van der Waals surface area contributed by atoms with Crippen molar-refractivity contribution >= 4 is 17.2 Å². The normalized spacial score (nSPS) is 11.9. The molecule has 7 heteroatoms. The SMILES string of the molecule is CC(C)(C)P(C[c-]1cc(-c2ccccc2)cc1C(P)(c1cnccn1)c1cnccn1)C(C)(C)C.[Fe].[cH-]1[cH-][cH-][cH-][cH-]1. The molecule has 220 valence electrons. The molecule has 3 aromatic carbocycles. The van der Waals surface area contributed by atoms with Gasteiger partial charge in [0.15, 0.2) is 0 Å². The van der Waals surface area contributed by atoms with Gasteiger partial charge in [-0.25, -0.2) is 6.07 Å². The van der Waals surface area contributed by atoms with Gasteiger partial charge in [0.2, 0.25) is 0 Å². The van der Waals surface area contributed by atoms with E-state index in [4.69, 9.17) is 9.97 Å². The second-order valence-corrected chi connectivity index (χ2v) is 16.6. The summed E-state index contributed by atoms with van der Waals surface area (Å²) in [5.41, 5.74) is 6.64. The number of aromatic nitrogens is 4. The summed E-state index contributed by atoms with van der Waals surface area (Å²) in [6.07, 6.45) is 11.6. The minimum atomic E-state index is -0.665. The third-order valence-electron chi connectivity index (χ3n) is 6.95. The van der Waals surface area contributed by atoms with E-state index < -0.39 is 5.16 Å². The van der Waals surface area contributed by atoms with Crippen molar-refractivity contribution in [2.24, 2.45) is 0 Å². The molecule has 0 aliphatic carbocycles. The van der Waals surface area contributed by atoms with Gasteiger partial charge in [0.25, 0.3) is 0 Å². The van der Waals surface area contributed by atoms with Gasteiger partial charge in [0.1, 0.15) is 0 Å². The van der Waals surface area contributed by atoms with Crippen LogP contribution in [0.4, 0.5) is 0 Å². The van der Waals surface area contributed by atoms with Gasteiger partial charge in [0, 0.05) is 54.2 Å². The topological polar surface area (TPSA) is 51.6 Å². The average molecular weight is 623 g/mol. The van der Waals surface area contributed by atoms with Gasteiger partial charge in [0.05, 0.1) is 16.5 Å². The van der Waals surface area contributed by atoms with Gasteiger partial charge >= 0.3 is 0 Å². The molecule has 0 aliphatic rings. The van der Waals surface area contributed by atoms with Crippen molar-refractivity contribution < 1.29 is 17.1 Å². The second kappa shape index (κ2) is 14.1. The summed E-state index contributed by atoms with van der Waals surface area (Å²) in [7, 11) is 2.71. The van der Waals surface area contributed by atoms with Crippen molar-refractivity contribution in [3.63, 3.8) is 0 Å². The second-order valence-electron chi connectivity index (χ2n) is 11.9. The van der Waals surface area contributed by atoms with Crippen molar-refractivity contribution in [3.05, 3.63) is 132 Å². The molecule has 1 atom stereocenters. The van der Waals surface area contributed by atoms with E-state index >= 15 is 0 Å². The minimum Gasteiger partial charge on any atom is -0.748 e. The van der Waals surface area contributed by atoms with E-state index in [0.717, 1.165) is 17.5 Å².